The third-order valence-electron chi connectivity index (χ3n) is 5.84. The Morgan fingerprint density at radius 2 is 1.13 bits per heavy atom. The summed E-state index contributed by atoms with van der Waals surface area (Å²) in [5.41, 5.74) is 2.60. The van der Waals surface area contributed by atoms with Crippen LogP contribution in [0.1, 0.15) is 19.9 Å². The van der Waals surface area contributed by atoms with E-state index in [1.807, 2.05) is 16.7 Å². The lowest BCUT2D eigenvalue weighted by molar-refractivity contribution is 0.324. The Morgan fingerprint density at radius 1 is 0.658 bits per heavy atom. The van der Waals surface area contributed by atoms with E-state index in [0.717, 1.165) is 0 Å². The molecule has 0 saturated carbocycles. The Bertz CT molecular complexity index is 1390. The zero-order chi connectivity index (χ0) is 27.4. The van der Waals surface area contributed by atoms with Gasteiger partial charge >= 0.3 is 0 Å². The summed E-state index contributed by atoms with van der Waals surface area (Å²) < 4.78 is 34.8. The molecule has 4 aromatic rings. The largest absolute Gasteiger partial charge is 0.493 e. The molecule has 2 aromatic heterocycles. The Kier molecular flexibility index (Phi) is 7.79. The fourth-order valence-corrected chi connectivity index (χ4v) is 4.15. The zero-order valence-electron chi connectivity index (χ0n) is 22.7. The average Bonchev–Trinajstić information content (AvgIpc) is 3.30. The molecule has 38 heavy (non-hydrogen) atoms. The molecule has 0 aliphatic rings. The van der Waals surface area contributed by atoms with E-state index in [-0.39, 0.29) is 6.04 Å². The number of rotatable bonds is 11. The summed E-state index contributed by atoms with van der Waals surface area (Å²) in [7, 11) is 9.39. The zero-order valence-corrected chi connectivity index (χ0v) is 22.7. The van der Waals surface area contributed by atoms with Crippen molar-refractivity contribution in [2.24, 2.45) is 0 Å². The van der Waals surface area contributed by atoms with E-state index >= 15 is 0 Å². The number of fused-ring (bicyclic) bond motifs is 1. The van der Waals surface area contributed by atoms with Crippen molar-refractivity contribution in [1.29, 1.82) is 0 Å². The van der Waals surface area contributed by atoms with E-state index < -0.39 is 0 Å². The van der Waals surface area contributed by atoms with Crippen LogP contribution in [0.15, 0.2) is 30.6 Å². The van der Waals surface area contributed by atoms with Crippen LogP contribution in [0.3, 0.4) is 0 Å². The highest BCUT2D eigenvalue weighted by atomic mass is 16.5. The maximum absolute atomic E-state index is 5.50. The highest BCUT2D eigenvalue weighted by Gasteiger charge is 2.21. The maximum Gasteiger partial charge on any atom is 0.210 e. The Labute approximate surface area is 220 Å². The van der Waals surface area contributed by atoms with E-state index in [9.17, 15) is 0 Å². The van der Waals surface area contributed by atoms with Crippen LogP contribution in [-0.2, 0) is 0 Å². The monoisotopic (exact) mass is 524 g/mol. The van der Waals surface area contributed by atoms with Crippen molar-refractivity contribution in [3.63, 3.8) is 0 Å². The second kappa shape index (κ2) is 11.2. The first-order valence-electron chi connectivity index (χ1n) is 11.8. The van der Waals surface area contributed by atoms with Gasteiger partial charge in [0, 0.05) is 41.7 Å². The molecule has 0 saturated heterocycles. The summed E-state index contributed by atoms with van der Waals surface area (Å²) in [5, 5.41) is 6.69. The third kappa shape index (κ3) is 4.84. The van der Waals surface area contributed by atoms with Crippen LogP contribution >= 0.6 is 0 Å². The lowest BCUT2D eigenvalue weighted by Gasteiger charge is -2.16. The molecule has 0 bridgehead atoms. The summed E-state index contributed by atoms with van der Waals surface area (Å²) in [6, 6.07) is 7.25. The molecule has 202 valence electrons. The average molecular weight is 525 g/mol. The van der Waals surface area contributed by atoms with Crippen molar-refractivity contribution in [3.8, 4) is 34.5 Å². The van der Waals surface area contributed by atoms with Gasteiger partial charge in [-0.25, -0.2) is 15.0 Å². The molecule has 0 amide bonds. The number of ether oxygens (including phenoxy) is 6. The quantitative estimate of drug-likeness (QED) is 0.277. The number of anilines is 4. The number of imidazole rings is 1. The molecule has 2 N–H and O–H groups in total. The Hall–Kier alpha value is -4.61. The second-order valence-corrected chi connectivity index (χ2v) is 8.37. The molecule has 2 aromatic carbocycles. The minimum atomic E-state index is 0.0356. The molecular formula is C26H32N6O6. The van der Waals surface area contributed by atoms with E-state index in [4.69, 9.17) is 33.4 Å². The summed E-state index contributed by atoms with van der Waals surface area (Å²) in [6.45, 7) is 4.10. The molecule has 0 unspecified atom stereocenters. The molecule has 2 heterocycles. The van der Waals surface area contributed by atoms with Crippen molar-refractivity contribution in [1.82, 2.24) is 19.5 Å². The molecule has 0 aliphatic heterocycles. The molecule has 0 atom stereocenters. The number of benzene rings is 2. The number of nitrogens with zero attached hydrogens (tertiary/aromatic N) is 4. The van der Waals surface area contributed by atoms with Gasteiger partial charge in [0.05, 0.1) is 42.7 Å². The number of methoxy groups -OCH3 is 6. The SMILES string of the molecule is COc1cc(Nc2ncnc3c2nc(Nc2cc(OC)c(OC)c(OC)c2)n3C(C)C)cc(OC)c1OC. The minimum absolute atomic E-state index is 0.0356. The standard InChI is InChI=1S/C26H32N6O6/c1-14(2)32-25-21(31-26(32)30-16-11-19(35-5)23(38-8)20(12-16)36-6)24(27-13-28-25)29-15-9-17(33-3)22(37-7)18(10-15)34-4/h9-14H,1-8H3,(H,30,31)(H,27,28,29). The van der Waals surface area contributed by atoms with Gasteiger partial charge in [-0.2, -0.15) is 0 Å². The summed E-state index contributed by atoms with van der Waals surface area (Å²) in [6.07, 6.45) is 1.49. The van der Waals surface area contributed by atoms with Crippen molar-refractivity contribution in [2.75, 3.05) is 53.3 Å². The van der Waals surface area contributed by atoms with E-state index in [0.29, 0.717) is 68.8 Å². The highest BCUT2D eigenvalue weighted by molar-refractivity contribution is 5.88. The summed E-state index contributed by atoms with van der Waals surface area (Å²) in [5.74, 6) is 4.13. The van der Waals surface area contributed by atoms with Crippen LogP contribution in [0.25, 0.3) is 11.2 Å². The van der Waals surface area contributed by atoms with E-state index in [2.05, 4.69) is 34.4 Å². The minimum Gasteiger partial charge on any atom is -0.493 e. The molecule has 12 nitrogen and oxygen atoms in total. The van der Waals surface area contributed by atoms with Crippen LogP contribution in [0.2, 0.25) is 0 Å². The fraction of sp³-hybridized carbons (Fsp3) is 0.346. The molecule has 0 fully saturated rings. The van der Waals surface area contributed by atoms with Crippen molar-refractivity contribution in [2.45, 2.75) is 19.9 Å². The second-order valence-electron chi connectivity index (χ2n) is 8.37. The van der Waals surface area contributed by atoms with Crippen LogP contribution in [0, 0.1) is 0 Å². The maximum atomic E-state index is 5.50. The molecule has 4 rings (SSSR count). The molecule has 0 radical (unpaired) electrons. The van der Waals surface area contributed by atoms with Crippen LogP contribution in [0.5, 0.6) is 34.5 Å². The lowest BCUT2D eigenvalue weighted by atomic mass is 10.2. The number of hydrogen-bond donors (Lipinski definition) is 2. The van der Waals surface area contributed by atoms with Crippen LogP contribution in [-0.4, -0.2) is 62.2 Å². The van der Waals surface area contributed by atoms with Gasteiger partial charge in [0.1, 0.15) is 6.33 Å². The topological polar surface area (TPSA) is 123 Å². The smallest absolute Gasteiger partial charge is 0.210 e. The number of hydrogen-bond acceptors (Lipinski definition) is 11. The Balaban J connectivity index is 1.79. The molecule has 12 heteroatoms. The van der Waals surface area contributed by atoms with Gasteiger partial charge < -0.3 is 39.1 Å². The molecule has 0 spiro atoms. The first-order valence-corrected chi connectivity index (χ1v) is 11.8. The molecule has 0 aliphatic carbocycles. The normalized spacial score (nSPS) is 10.9. The summed E-state index contributed by atoms with van der Waals surface area (Å²) >= 11 is 0. The predicted molar refractivity (Wildman–Crippen MR) is 144 cm³/mol. The van der Waals surface area contributed by atoms with Crippen molar-refractivity contribution in [3.05, 3.63) is 30.6 Å². The third-order valence-corrected chi connectivity index (χ3v) is 5.84. The fourth-order valence-electron chi connectivity index (χ4n) is 4.15. The first-order chi connectivity index (χ1) is 18.4. The highest BCUT2D eigenvalue weighted by Crippen LogP contribution is 2.42. The van der Waals surface area contributed by atoms with Crippen molar-refractivity contribution < 1.29 is 28.4 Å². The van der Waals surface area contributed by atoms with Crippen LogP contribution < -0.4 is 39.1 Å². The van der Waals surface area contributed by atoms with Gasteiger partial charge in [0.25, 0.3) is 0 Å². The number of nitrogens with one attached hydrogen (secondary N) is 2. The Morgan fingerprint density at radius 3 is 1.55 bits per heavy atom. The number of aromatic nitrogens is 4. The van der Waals surface area contributed by atoms with Gasteiger partial charge in [-0.1, -0.05) is 0 Å². The van der Waals surface area contributed by atoms with Gasteiger partial charge in [-0.05, 0) is 13.8 Å². The van der Waals surface area contributed by atoms with Gasteiger partial charge in [-0.3, -0.25) is 4.57 Å². The van der Waals surface area contributed by atoms with E-state index in [1.54, 1.807) is 54.8 Å². The first kappa shape index (κ1) is 26.5. The van der Waals surface area contributed by atoms with Crippen molar-refractivity contribution >= 4 is 34.3 Å². The van der Waals surface area contributed by atoms with Crippen LogP contribution in [0.4, 0.5) is 23.1 Å². The predicted octanol–water partition coefficient (Wildman–Crippen LogP) is 4.95. The molecular weight excluding hydrogens is 492 g/mol. The van der Waals surface area contributed by atoms with Gasteiger partial charge in [-0.15, -0.1) is 0 Å². The van der Waals surface area contributed by atoms with E-state index in [1.165, 1.54) is 6.33 Å². The lowest BCUT2D eigenvalue weighted by Crippen LogP contribution is -2.07. The van der Waals surface area contributed by atoms with Gasteiger partial charge in [0.15, 0.2) is 40.0 Å². The van der Waals surface area contributed by atoms with Gasteiger partial charge in [0.2, 0.25) is 17.4 Å². The summed E-state index contributed by atoms with van der Waals surface area (Å²) in [4.78, 5) is 13.8.